The zero-order valence-electron chi connectivity index (χ0n) is 9.27. The number of pyridine rings is 1. The lowest BCUT2D eigenvalue weighted by Gasteiger charge is -2.10. The molecule has 0 fully saturated rings. The molecule has 0 saturated heterocycles. The summed E-state index contributed by atoms with van der Waals surface area (Å²) in [7, 11) is 0. The Labute approximate surface area is 95.3 Å². The zero-order chi connectivity index (χ0) is 11.4. The number of rotatable bonds is 3. The van der Waals surface area contributed by atoms with Crippen LogP contribution in [0.1, 0.15) is 11.3 Å². The second-order valence-corrected chi connectivity index (χ2v) is 3.67. The Morgan fingerprint density at radius 3 is 2.81 bits per heavy atom. The highest BCUT2D eigenvalue weighted by Gasteiger charge is 2.00. The molecule has 0 saturated carbocycles. The summed E-state index contributed by atoms with van der Waals surface area (Å²) >= 11 is 0. The van der Waals surface area contributed by atoms with E-state index >= 15 is 0 Å². The van der Waals surface area contributed by atoms with Gasteiger partial charge in [-0.1, -0.05) is 18.2 Å². The van der Waals surface area contributed by atoms with Crippen LogP contribution in [0.25, 0.3) is 0 Å². The van der Waals surface area contributed by atoms with Crippen LogP contribution in [-0.2, 0) is 6.54 Å². The van der Waals surface area contributed by atoms with E-state index < -0.39 is 0 Å². The molecule has 3 N–H and O–H groups in total. The normalized spacial score (nSPS) is 10.1. The Morgan fingerprint density at radius 2 is 2.06 bits per heavy atom. The Kier molecular flexibility index (Phi) is 3.17. The number of aromatic nitrogens is 1. The van der Waals surface area contributed by atoms with Crippen molar-refractivity contribution in [3.05, 3.63) is 53.9 Å². The fourth-order valence-electron chi connectivity index (χ4n) is 1.60. The van der Waals surface area contributed by atoms with Gasteiger partial charge in [-0.05, 0) is 30.7 Å². The molecule has 1 aromatic heterocycles. The molecule has 0 spiro atoms. The minimum absolute atomic E-state index is 0.535. The molecular formula is C13H15N3. The molecule has 16 heavy (non-hydrogen) atoms. The van der Waals surface area contributed by atoms with Gasteiger partial charge in [0.05, 0.1) is 0 Å². The van der Waals surface area contributed by atoms with Crippen LogP contribution in [0.2, 0.25) is 0 Å². The molecule has 0 unspecified atom stereocenters. The smallest absolute Gasteiger partial charge is 0.0429 e. The lowest BCUT2D eigenvalue weighted by molar-refractivity contribution is 1.07. The van der Waals surface area contributed by atoms with Gasteiger partial charge in [-0.25, -0.2) is 0 Å². The molecule has 0 aliphatic rings. The molecule has 0 aliphatic carbocycles. The summed E-state index contributed by atoms with van der Waals surface area (Å²) in [4.78, 5) is 4.16. The second-order valence-electron chi connectivity index (χ2n) is 3.67. The predicted molar refractivity (Wildman–Crippen MR) is 66.6 cm³/mol. The molecule has 2 aromatic rings. The first-order valence-corrected chi connectivity index (χ1v) is 5.27. The van der Waals surface area contributed by atoms with Gasteiger partial charge in [0.2, 0.25) is 0 Å². The van der Waals surface area contributed by atoms with Gasteiger partial charge in [0.15, 0.2) is 0 Å². The quantitative estimate of drug-likeness (QED) is 0.824. The molecule has 82 valence electrons. The summed E-state index contributed by atoms with van der Waals surface area (Å²) in [5.74, 6) is 0. The zero-order valence-corrected chi connectivity index (χ0v) is 9.27. The Bertz CT molecular complexity index is 480. The molecule has 3 nitrogen and oxygen atoms in total. The first-order valence-electron chi connectivity index (χ1n) is 5.27. The molecule has 0 aliphatic heterocycles. The standard InChI is InChI=1S/C13H15N3/c1-10-8-12(6-7-15-10)16-13-5-3-2-4-11(13)9-14/h2-8H,9,14H2,1H3,(H,15,16). The number of aryl methyl sites for hydroxylation is 1. The molecule has 0 atom stereocenters. The largest absolute Gasteiger partial charge is 0.355 e. The van der Waals surface area contributed by atoms with Crippen molar-refractivity contribution in [3.8, 4) is 0 Å². The highest BCUT2D eigenvalue weighted by atomic mass is 14.9. The van der Waals surface area contributed by atoms with Gasteiger partial charge in [-0.3, -0.25) is 4.98 Å². The van der Waals surface area contributed by atoms with Crippen molar-refractivity contribution in [3.63, 3.8) is 0 Å². The molecule has 2 rings (SSSR count). The molecule has 0 amide bonds. The number of nitrogens with two attached hydrogens (primary N) is 1. The predicted octanol–water partition coefficient (Wildman–Crippen LogP) is 2.59. The monoisotopic (exact) mass is 213 g/mol. The van der Waals surface area contributed by atoms with Crippen molar-refractivity contribution in [2.24, 2.45) is 5.73 Å². The minimum atomic E-state index is 0.535. The summed E-state index contributed by atoms with van der Waals surface area (Å²) in [6.45, 7) is 2.51. The van der Waals surface area contributed by atoms with Crippen LogP contribution in [0, 0.1) is 6.92 Å². The number of hydrogen-bond acceptors (Lipinski definition) is 3. The van der Waals surface area contributed by atoms with E-state index in [9.17, 15) is 0 Å². The average Bonchev–Trinajstić information content (AvgIpc) is 2.30. The maximum atomic E-state index is 5.68. The van der Waals surface area contributed by atoms with Gasteiger partial charge in [0.1, 0.15) is 0 Å². The van der Waals surface area contributed by atoms with Crippen molar-refractivity contribution >= 4 is 11.4 Å². The number of anilines is 2. The number of nitrogens with zero attached hydrogens (tertiary/aromatic N) is 1. The van der Waals surface area contributed by atoms with E-state index in [2.05, 4.69) is 10.3 Å². The molecule has 3 heteroatoms. The van der Waals surface area contributed by atoms with Crippen LogP contribution in [0.5, 0.6) is 0 Å². The Hall–Kier alpha value is -1.87. The van der Waals surface area contributed by atoms with Crippen LogP contribution in [0.3, 0.4) is 0 Å². The van der Waals surface area contributed by atoms with Crippen molar-refractivity contribution < 1.29 is 0 Å². The summed E-state index contributed by atoms with van der Waals surface area (Å²) in [6, 6.07) is 12.0. The van der Waals surface area contributed by atoms with Crippen LogP contribution in [0.4, 0.5) is 11.4 Å². The Morgan fingerprint density at radius 1 is 1.25 bits per heavy atom. The summed E-state index contributed by atoms with van der Waals surface area (Å²) < 4.78 is 0. The number of hydrogen-bond donors (Lipinski definition) is 2. The third-order valence-corrected chi connectivity index (χ3v) is 2.41. The van der Waals surface area contributed by atoms with Crippen molar-refractivity contribution in [1.29, 1.82) is 0 Å². The third kappa shape index (κ3) is 2.38. The Balaban J connectivity index is 2.26. The van der Waals surface area contributed by atoms with Crippen molar-refractivity contribution in [2.45, 2.75) is 13.5 Å². The molecule has 1 aromatic carbocycles. The van der Waals surface area contributed by atoms with E-state index in [-0.39, 0.29) is 0 Å². The minimum Gasteiger partial charge on any atom is -0.355 e. The molecule has 1 heterocycles. The van der Waals surface area contributed by atoms with E-state index in [4.69, 9.17) is 5.73 Å². The van der Waals surface area contributed by atoms with E-state index in [1.54, 1.807) is 6.20 Å². The summed E-state index contributed by atoms with van der Waals surface area (Å²) in [5, 5.41) is 3.34. The summed E-state index contributed by atoms with van der Waals surface area (Å²) in [6.07, 6.45) is 1.79. The van der Waals surface area contributed by atoms with Gasteiger partial charge in [-0.15, -0.1) is 0 Å². The maximum absolute atomic E-state index is 5.68. The fourth-order valence-corrected chi connectivity index (χ4v) is 1.60. The van der Waals surface area contributed by atoms with E-state index in [0.29, 0.717) is 6.54 Å². The summed E-state index contributed by atoms with van der Waals surface area (Å²) in [5.41, 5.74) is 9.87. The van der Waals surface area contributed by atoms with Crippen LogP contribution in [-0.4, -0.2) is 4.98 Å². The maximum Gasteiger partial charge on any atom is 0.0429 e. The van der Waals surface area contributed by atoms with Gasteiger partial charge in [0.25, 0.3) is 0 Å². The van der Waals surface area contributed by atoms with Crippen LogP contribution >= 0.6 is 0 Å². The van der Waals surface area contributed by atoms with E-state index in [1.807, 2.05) is 43.3 Å². The lowest BCUT2D eigenvalue weighted by Crippen LogP contribution is -2.01. The van der Waals surface area contributed by atoms with Crippen LogP contribution in [0.15, 0.2) is 42.6 Å². The van der Waals surface area contributed by atoms with Gasteiger partial charge in [-0.2, -0.15) is 0 Å². The van der Waals surface area contributed by atoms with Gasteiger partial charge in [0, 0.05) is 29.8 Å². The number of benzene rings is 1. The second kappa shape index (κ2) is 4.77. The fraction of sp³-hybridized carbons (Fsp3) is 0.154. The molecule has 0 radical (unpaired) electrons. The number of nitrogens with one attached hydrogen (secondary N) is 1. The van der Waals surface area contributed by atoms with Gasteiger partial charge >= 0.3 is 0 Å². The average molecular weight is 213 g/mol. The molecule has 0 bridgehead atoms. The third-order valence-electron chi connectivity index (χ3n) is 2.41. The van der Waals surface area contributed by atoms with Gasteiger partial charge < -0.3 is 11.1 Å². The lowest BCUT2D eigenvalue weighted by atomic mass is 10.1. The van der Waals surface area contributed by atoms with Crippen molar-refractivity contribution in [2.75, 3.05) is 5.32 Å². The SMILES string of the molecule is Cc1cc(Nc2ccccc2CN)ccn1. The molecular weight excluding hydrogens is 198 g/mol. The van der Waals surface area contributed by atoms with Crippen molar-refractivity contribution in [1.82, 2.24) is 4.98 Å². The first-order chi connectivity index (χ1) is 7.79. The highest BCUT2D eigenvalue weighted by molar-refractivity contribution is 5.63. The highest BCUT2D eigenvalue weighted by Crippen LogP contribution is 2.20. The van der Waals surface area contributed by atoms with Crippen LogP contribution < -0.4 is 11.1 Å². The topological polar surface area (TPSA) is 50.9 Å². The van der Waals surface area contributed by atoms with E-state index in [1.165, 1.54) is 0 Å². The van der Waals surface area contributed by atoms with E-state index in [0.717, 1.165) is 22.6 Å². The number of para-hydroxylation sites is 1. The first kappa shape index (κ1) is 10.6.